The van der Waals surface area contributed by atoms with Crippen LogP contribution in [0.3, 0.4) is 0 Å². The second-order valence-electron chi connectivity index (χ2n) is 5.36. The van der Waals surface area contributed by atoms with Crippen LogP contribution in [0.25, 0.3) is 0 Å². The molecule has 0 rings (SSSR count). The van der Waals surface area contributed by atoms with Crippen molar-refractivity contribution in [3.63, 3.8) is 0 Å². The van der Waals surface area contributed by atoms with Crippen LogP contribution in [0, 0.1) is 5.92 Å². The topological polar surface area (TPSA) is 50.4 Å². The largest absolute Gasteiger partial charge is 0.380 e. The Labute approximate surface area is 112 Å². The molecule has 0 aromatic carbocycles. The summed E-state index contributed by atoms with van der Waals surface area (Å²) in [5, 5.41) is 6.17. The van der Waals surface area contributed by atoms with Gasteiger partial charge in [0, 0.05) is 25.6 Å². The van der Waals surface area contributed by atoms with Crippen LogP contribution in [0.1, 0.15) is 47.0 Å². The summed E-state index contributed by atoms with van der Waals surface area (Å²) in [5.41, 5.74) is 0. The Morgan fingerprint density at radius 1 is 1.11 bits per heavy atom. The Bertz CT molecular complexity index is 206. The molecule has 0 bridgehead atoms. The molecule has 0 aromatic heterocycles. The maximum atomic E-state index is 11.4. The molecule has 0 saturated heterocycles. The van der Waals surface area contributed by atoms with Gasteiger partial charge in [0.2, 0.25) is 5.91 Å². The lowest BCUT2D eigenvalue weighted by atomic mass is 10.1. The SMILES string of the molecule is CC(C)CCCNC(=O)CCOCCNC(C)C. The Balaban J connectivity index is 3.22. The van der Waals surface area contributed by atoms with E-state index in [9.17, 15) is 4.79 Å². The molecule has 18 heavy (non-hydrogen) atoms. The van der Waals surface area contributed by atoms with Crippen LogP contribution >= 0.6 is 0 Å². The molecule has 0 heterocycles. The van der Waals surface area contributed by atoms with Crippen molar-refractivity contribution in [1.82, 2.24) is 10.6 Å². The molecule has 0 radical (unpaired) electrons. The van der Waals surface area contributed by atoms with Gasteiger partial charge in [-0.2, -0.15) is 0 Å². The van der Waals surface area contributed by atoms with E-state index in [-0.39, 0.29) is 5.91 Å². The third-order valence-electron chi connectivity index (χ3n) is 2.55. The zero-order chi connectivity index (χ0) is 13.8. The lowest BCUT2D eigenvalue weighted by Gasteiger charge is -2.09. The van der Waals surface area contributed by atoms with E-state index >= 15 is 0 Å². The zero-order valence-corrected chi connectivity index (χ0v) is 12.4. The van der Waals surface area contributed by atoms with E-state index in [4.69, 9.17) is 4.74 Å². The first kappa shape index (κ1) is 17.4. The van der Waals surface area contributed by atoms with Gasteiger partial charge < -0.3 is 15.4 Å². The fraction of sp³-hybridized carbons (Fsp3) is 0.929. The summed E-state index contributed by atoms with van der Waals surface area (Å²) >= 11 is 0. The molecule has 0 aromatic rings. The first-order valence-electron chi connectivity index (χ1n) is 7.10. The molecule has 0 unspecified atom stereocenters. The van der Waals surface area contributed by atoms with Crippen molar-refractivity contribution in [2.24, 2.45) is 5.92 Å². The number of carbonyl (C=O) groups excluding carboxylic acids is 1. The molecule has 0 aliphatic carbocycles. The highest BCUT2D eigenvalue weighted by Gasteiger charge is 2.01. The number of hydrogen-bond donors (Lipinski definition) is 2. The van der Waals surface area contributed by atoms with E-state index in [0.29, 0.717) is 31.6 Å². The van der Waals surface area contributed by atoms with Gasteiger partial charge in [-0.05, 0) is 18.8 Å². The van der Waals surface area contributed by atoms with Gasteiger partial charge >= 0.3 is 0 Å². The summed E-state index contributed by atoms with van der Waals surface area (Å²) in [6.07, 6.45) is 2.68. The smallest absolute Gasteiger partial charge is 0.222 e. The van der Waals surface area contributed by atoms with Crippen molar-refractivity contribution in [3.8, 4) is 0 Å². The fourth-order valence-electron chi connectivity index (χ4n) is 1.51. The summed E-state index contributed by atoms with van der Waals surface area (Å²) in [6.45, 7) is 11.4. The first-order chi connectivity index (χ1) is 8.52. The number of carbonyl (C=O) groups is 1. The normalized spacial score (nSPS) is 11.2. The van der Waals surface area contributed by atoms with Crippen LogP contribution in [-0.2, 0) is 9.53 Å². The molecule has 0 saturated carbocycles. The van der Waals surface area contributed by atoms with Gasteiger partial charge in [-0.25, -0.2) is 0 Å². The Morgan fingerprint density at radius 2 is 1.83 bits per heavy atom. The second kappa shape index (κ2) is 11.5. The summed E-state index contributed by atoms with van der Waals surface area (Å²) in [6, 6.07) is 0.484. The Hall–Kier alpha value is -0.610. The van der Waals surface area contributed by atoms with E-state index in [1.54, 1.807) is 0 Å². The summed E-state index contributed by atoms with van der Waals surface area (Å²) in [4.78, 5) is 11.4. The number of nitrogens with one attached hydrogen (secondary N) is 2. The molecule has 4 heteroatoms. The Morgan fingerprint density at radius 3 is 2.44 bits per heavy atom. The lowest BCUT2D eigenvalue weighted by molar-refractivity contribution is -0.122. The van der Waals surface area contributed by atoms with E-state index in [0.717, 1.165) is 25.9 Å². The number of hydrogen-bond acceptors (Lipinski definition) is 3. The minimum absolute atomic E-state index is 0.0931. The maximum Gasteiger partial charge on any atom is 0.222 e. The van der Waals surface area contributed by atoms with Crippen molar-refractivity contribution in [2.45, 2.75) is 53.0 Å². The average molecular weight is 258 g/mol. The van der Waals surface area contributed by atoms with Gasteiger partial charge in [0.05, 0.1) is 13.2 Å². The standard InChI is InChI=1S/C14H30N2O2/c1-12(2)6-5-8-16-14(17)7-10-18-11-9-15-13(3)4/h12-13,15H,5-11H2,1-4H3,(H,16,17). The Kier molecular flexibility index (Phi) is 11.1. The molecule has 108 valence electrons. The zero-order valence-electron chi connectivity index (χ0n) is 12.4. The van der Waals surface area contributed by atoms with Gasteiger partial charge in [-0.1, -0.05) is 27.7 Å². The molecule has 4 nitrogen and oxygen atoms in total. The lowest BCUT2D eigenvalue weighted by Crippen LogP contribution is -2.28. The number of rotatable bonds is 11. The van der Waals surface area contributed by atoms with Crippen molar-refractivity contribution in [3.05, 3.63) is 0 Å². The van der Waals surface area contributed by atoms with E-state index in [1.165, 1.54) is 0 Å². The predicted octanol–water partition coefficient (Wildman–Crippen LogP) is 1.94. The molecule has 1 amide bonds. The van der Waals surface area contributed by atoms with E-state index in [1.807, 2.05) is 0 Å². The summed E-state index contributed by atoms with van der Waals surface area (Å²) < 4.78 is 5.38. The van der Waals surface area contributed by atoms with Crippen molar-refractivity contribution in [1.29, 1.82) is 0 Å². The van der Waals surface area contributed by atoms with Gasteiger partial charge in [0.15, 0.2) is 0 Å². The molecule has 0 fully saturated rings. The van der Waals surface area contributed by atoms with Crippen LogP contribution in [0.5, 0.6) is 0 Å². The average Bonchev–Trinajstić information content (AvgIpc) is 2.28. The van der Waals surface area contributed by atoms with Crippen molar-refractivity contribution < 1.29 is 9.53 Å². The van der Waals surface area contributed by atoms with Crippen LogP contribution in [0.4, 0.5) is 0 Å². The molecule has 2 N–H and O–H groups in total. The van der Waals surface area contributed by atoms with Gasteiger partial charge in [0.25, 0.3) is 0 Å². The third-order valence-corrected chi connectivity index (χ3v) is 2.55. The molecule has 0 atom stereocenters. The summed E-state index contributed by atoms with van der Waals surface area (Å²) in [5.74, 6) is 0.800. The van der Waals surface area contributed by atoms with Crippen molar-refractivity contribution in [2.75, 3.05) is 26.3 Å². The highest BCUT2D eigenvalue weighted by molar-refractivity contribution is 5.75. The van der Waals surface area contributed by atoms with E-state index in [2.05, 4.69) is 38.3 Å². The first-order valence-corrected chi connectivity index (χ1v) is 7.10. The molecule has 0 spiro atoms. The van der Waals surface area contributed by atoms with Crippen LogP contribution < -0.4 is 10.6 Å². The maximum absolute atomic E-state index is 11.4. The van der Waals surface area contributed by atoms with E-state index < -0.39 is 0 Å². The summed E-state index contributed by atoms with van der Waals surface area (Å²) in [7, 11) is 0. The third kappa shape index (κ3) is 13.5. The predicted molar refractivity (Wildman–Crippen MR) is 75.7 cm³/mol. The van der Waals surface area contributed by atoms with Gasteiger partial charge in [-0.15, -0.1) is 0 Å². The minimum Gasteiger partial charge on any atom is -0.380 e. The minimum atomic E-state index is 0.0931. The second-order valence-corrected chi connectivity index (χ2v) is 5.36. The van der Waals surface area contributed by atoms with Gasteiger partial charge in [0.1, 0.15) is 0 Å². The van der Waals surface area contributed by atoms with Crippen LogP contribution in [0.15, 0.2) is 0 Å². The molecular formula is C14H30N2O2. The van der Waals surface area contributed by atoms with Crippen molar-refractivity contribution >= 4 is 5.91 Å². The van der Waals surface area contributed by atoms with Crippen LogP contribution in [-0.4, -0.2) is 38.3 Å². The molecule has 0 aliphatic heterocycles. The quantitative estimate of drug-likeness (QED) is 0.557. The van der Waals surface area contributed by atoms with Crippen LogP contribution in [0.2, 0.25) is 0 Å². The fourth-order valence-corrected chi connectivity index (χ4v) is 1.51. The van der Waals surface area contributed by atoms with Gasteiger partial charge in [-0.3, -0.25) is 4.79 Å². The highest BCUT2D eigenvalue weighted by Crippen LogP contribution is 2.01. The molecule has 0 aliphatic rings. The monoisotopic (exact) mass is 258 g/mol. The number of amides is 1. The highest BCUT2D eigenvalue weighted by atomic mass is 16.5. The molecular weight excluding hydrogens is 228 g/mol. The number of ether oxygens (including phenoxy) is 1.